The molecule has 0 aliphatic heterocycles. The van der Waals surface area contributed by atoms with E-state index in [1.54, 1.807) is 12.1 Å². The molecule has 3 heterocycles. The van der Waals surface area contributed by atoms with Crippen LogP contribution in [-0.4, -0.2) is 64.4 Å². The zero-order valence-electron chi connectivity index (χ0n) is 18.5. The Kier molecular flexibility index (Phi) is 6.90. The van der Waals surface area contributed by atoms with Gasteiger partial charge in [-0.1, -0.05) is 11.6 Å². The Morgan fingerprint density at radius 1 is 1.17 bits per heavy atom. The van der Waals surface area contributed by atoms with Gasteiger partial charge in [0.25, 0.3) is 5.91 Å². The maximum absolute atomic E-state index is 13.0. The van der Waals surface area contributed by atoms with Crippen LogP contribution in [-0.2, 0) is 13.1 Å². The first kappa shape index (κ1) is 25.1. The number of carbonyl (C=O) groups excluding carboxylic acids is 1. The van der Waals surface area contributed by atoms with Gasteiger partial charge < -0.3 is 10.4 Å². The van der Waals surface area contributed by atoms with Crippen LogP contribution >= 0.6 is 11.6 Å². The molecule has 4 rings (SSSR count). The van der Waals surface area contributed by atoms with Crippen molar-refractivity contribution in [3.8, 4) is 17.2 Å². The number of aliphatic hydroxyl groups excluding tert-OH is 1. The van der Waals surface area contributed by atoms with Crippen LogP contribution in [0.25, 0.3) is 17.2 Å². The molecule has 36 heavy (non-hydrogen) atoms. The van der Waals surface area contributed by atoms with E-state index in [0.717, 1.165) is 9.25 Å². The van der Waals surface area contributed by atoms with Crippen LogP contribution < -0.4 is 11.0 Å². The number of hydrogen-bond acceptors (Lipinski definition) is 7. The summed E-state index contributed by atoms with van der Waals surface area (Å²) in [6.45, 7) is -1.37. The van der Waals surface area contributed by atoms with Crippen molar-refractivity contribution in [1.29, 1.82) is 0 Å². The van der Waals surface area contributed by atoms with E-state index < -0.39 is 30.4 Å². The number of alkyl halides is 3. The fourth-order valence-electron chi connectivity index (χ4n) is 3.29. The standard InChI is InChI=1S/C21H18ClF3N8O3/c1-26-19(35)14-3-2-8-27-18(14)33-11-28-16(29-33)10-32-20(36)31(9-15(34)21(23,24)25)17(30-32)12-4-6-13(22)7-5-12/h2-8,11,15,34H,9-10H2,1H3,(H,26,35). The number of nitrogens with zero attached hydrogens (tertiary/aromatic N) is 7. The predicted octanol–water partition coefficient (Wildman–Crippen LogP) is 1.67. The highest BCUT2D eigenvalue weighted by Gasteiger charge is 2.39. The molecule has 1 unspecified atom stereocenters. The average molecular weight is 523 g/mol. The average Bonchev–Trinajstić information content (AvgIpc) is 3.44. The molecule has 0 aliphatic rings. The summed E-state index contributed by atoms with van der Waals surface area (Å²) in [6, 6.07) is 9.07. The van der Waals surface area contributed by atoms with E-state index in [9.17, 15) is 27.9 Å². The topological polar surface area (TPSA) is 133 Å². The Bertz CT molecular complexity index is 1450. The third kappa shape index (κ3) is 5.13. The minimum atomic E-state index is -4.94. The Morgan fingerprint density at radius 3 is 2.56 bits per heavy atom. The van der Waals surface area contributed by atoms with Crippen molar-refractivity contribution in [2.75, 3.05) is 7.05 Å². The minimum absolute atomic E-state index is 0.0780. The Balaban J connectivity index is 1.70. The third-order valence-corrected chi connectivity index (χ3v) is 5.32. The van der Waals surface area contributed by atoms with E-state index in [0.29, 0.717) is 10.6 Å². The van der Waals surface area contributed by atoms with Gasteiger partial charge in [-0.05, 0) is 36.4 Å². The Morgan fingerprint density at radius 2 is 1.89 bits per heavy atom. The second kappa shape index (κ2) is 9.91. The lowest BCUT2D eigenvalue weighted by atomic mass is 10.2. The van der Waals surface area contributed by atoms with E-state index in [1.165, 1.54) is 48.5 Å². The van der Waals surface area contributed by atoms with Gasteiger partial charge in [0.15, 0.2) is 23.6 Å². The smallest absolute Gasteiger partial charge is 0.382 e. The van der Waals surface area contributed by atoms with Crippen LogP contribution in [0.4, 0.5) is 13.2 Å². The fraction of sp³-hybridized carbons (Fsp3) is 0.238. The summed E-state index contributed by atoms with van der Waals surface area (Å²) in [6.07, 6.45) is -4.99. The first-order valence-electron chi connectivity index (χ1n) is 10.3. The van der Waals surface area contributed by atoms with Crippen LogP contribution in [0, 0.1) is 0 Å². The molecule has 0 radical (unpaired) electrons. The number of amides is 1. The maximum atomic E-state index is 13.0. The lowest BCUT2D eigenvalue weighted by molar-refractivity contribution is -0.207. The van der Waals surface area contributed by atoms with Crippen molar-refractivity contribution < 1.29 is 23.1 Å². The van der Waals surface area contributed by atoms with Crippen molar-refractivity contribution in [1.82, 2.24) is 39.4 Å². The monoisotopic (exact) mass is 522 g/mol. The molecule has 0 fully saturated rings. The Labute approximate surface area is 205 Å². The fourth-order valence-corrected chi connectivity index (χ4v) is 3.42. The molecule has 0 aliphatic carbocycles. The van der Waals surface area contributed by atoms with E-state index in [2.05, 4.69) is 25.5 Å². The zero-order valence-corrected chi connectivity index (χ0v) is 19.3. The molecule has 2 N–H and O–H groups in total. The molecule has 1 atom stereocenters. The number of aliphatic hydroxyl groups is 1. The third-order valence-electron chi connectivity index (χ3n) is 5.06. The van der Waals surface area contributed by atoms with Crippen LogP contribution in [0.3, 0.4) is 0 Å². The van der Waals surface area contributed by atoms with Crippen molar-refractivity contribution in [3.63, 3.8) is 0 Å². The van der Waals surface area contributed by atoms with Crippen molar-refractivity contribution in [2.24, 2.45) is 0 Å². The van der Waals surface area contributed by atoms with Gasteiger partial charge in [0.05, 0.1) is 12.1 Å². The van der Waals surface area contributed by atoms with Gasteiger partial charge in [-0.25, -0.2) is 24.1 Å². The van der Waals surface area contributed by atoms with Gasteiger partial charge in [0.2, 0.25) is 0 Å². The molecular weight excluding hydrogens is 505 g/mol. The second-order valence-corrected chi connectivity index (χ2v) is 7.93. The summed E-state index contributed by atoms with van der Waals surface area (Å²) in [4.78, 5) is 33.4. The molecule has 1 amide bonds. The largest absolute Gasteiger partial charge is 0.416 e. The highest BCUT2D eigenvalue weighted by Crippen LogP contribution is 2.24. The number of aromatic nitrogens is 7. The lowest BCUT2D eigenvalue weighted by Crippen LogP contribution is -2.37. The Hall–Kier alpha value is -4.04. The molecule has 4 aromatic rings. The van der Waals surface area contributed by atoms with Crippen LogP contribution in [0.1, 0.15) is 16.2 Å². The highest BCUT2D eigenvalue weighted by molar-refractivity contribution is 6.30. The number of halogens is 4. The van der Waals surface area contributed by atoms with Gasteiger partial charge >= 0.3 is 11.9 Å². The summed E-state index contributed by atoms with van der Waals surface area (Å²) in [7, 11) is 1.46. The number of rotatable bonds is 7. The number of benzene rings is 1. The van der Waals surface area contributed by atoms with Gasteiger partial charge in [0, 0.05) is 23.8 Å². The second-order valence-electron chi connectivity index (χ2n) is 7.50. The van der Waals surface area contributed by atoms with Crippen molar-refractivity contribution in [3.05, 3.63) is 75.8 Å². The van der Waals surface area contributed by atoms with E-state index in [4.69, 9.17) is 11.6 Å². The van der Waals surface area contributed by atoms with Gasteiger partial charge in [-0.2, -0.15) is 13.2 Å². The van der Waals surface area contributed by atoms with Gasteiger partial charge in [-0.15, -0.1) is 10.2 Å². The summed E-state index contributed by atoms with van der Waals surface area (Å²) in [5.74, 6) is -0.245. The normalized spacial score (nSPS) is 12.5. The maximum Gasteiger partial charge on any atom is 0.416 e. The number of nitrogens with one attached hydrogen (secondary N) is 1. The van der Waals surface area contributed by atoms with Crippen molar-refractivity contribution in [2.45, 2.75) is 25.4 Å². The van der Waals surface area contributed by atoms with Gasteiger partial charge in [0.1, 0.15) is 12.9 Å². The van der Waals surface area contributed by atoms with Crippen LogP contribution in [0.2, 0.25) is 5.02 Å². The highest BCUT2D eigenvalue weighted by atomic mass is 35.5. The number of hydrogen-bond donors (Lipinski definition) is 2. The first-order valence-corrected chi connectivity index (χ1v) is 10.7. The summed E-state index contributed by atoms with van der Waals surface area (Å²) >= 11 is 5.89. The summed E-state index contributed by atoms with van der Waals surface area (Å²) in [5, 5.41) is 20.8. The van der Waals surface area contributed by atoms with Crippen LogP contribution in [0.15, 0.2) is 53.7 Å². The molecular formula is C21H18ClF3N8O3. The number of pyridine rings is 1. The molecule has 0 saturated carbocycles. The SMILES string of the molecule is CNC(=O)c1cccnc1-n1cnc(Cn2nc(-c3ccc(Cl)cc3)n(CC(O)C(F)(F)F)c2=O)n1. The van der Waals surface area contributed by atoms with Gasteiger partial charge in [-0.3, -0.25) is 9.36 Å². The molecule has 0 spiro atoms. The van der Waals surface area contributed by atoms with E-state index in [-0.39, 0.29) is 29.6 Å². The molecule has 0 bridgehead atoms. The molecule has 1 aromatic carbocycles. The molecule has 11 nitrogen and oxygen atoms in total. The lowest BCUT2D eigenvalue weighted by Gasteiger charge is -2.15. The molecule has 15 heteroatoms. The van der Waals surface area contributed by atoms with E-state index >= 15 is 0 Å². The van der Waals surface area contributed by atoms with E-state index in [1.807, 2.05) is 0 Å². The first-order chi connectivity index (χ1) is 17.1. The predicted molar refractivity (Wildman–Crippen MR) is 121 cm³/mol. The van der Waals surface area contributed by atoms with Crippen LogP contribution in [0.5, 0.6) is 0 Å². The molecule has 188 valence electrons. The number of carbonyl (C=O) groups is 1. The minimum Gasteiger partial charge on any atom is -0.382 e. The summed E-state index contributed by atoms with van der Waals surface area (Å²) in [5.41, 5.74) is -0.376. The molecule has 3 aromatic heterocycles. The zero-order chi connectivity index (χ0) is 26.0. The quantitative estimate of drug-likeness (QED) is 0.377. The summed E-state index contributed by atoms with van der Waals surface area (Å²) < 4.78 is 41.9. The van der Waals surface area contributed by atoms with Crippen molar-refractivity contribution >= 4 is 17.5 Å². The molecule has 0 saturated heterocycles.